The summed E-state index contributed by atoms with van der Waals surface area (Å²) in [6.07, 6.45) is -0.526. The molecule has 1 aromatic carbocycles. The molecule has 0 aromatic heterocycles. The van der Waals surface area contributed by atoms with Crippen molar-refractivity contribution in [3.8, 4) is 0 Å². The van der Waals surface area contributed by atoms with Gasteiger partial charge in [-0.2, -0.15) is 0 Å². The Labute approximate surface area is 154 Å². The third kappa shape index (κ3) is 9.36. The first-order chi connectivity index (χ1) is 12.1. The van der Waals surface area contributed by atoms with Crippen LogP contribution in [0.4, 0.5) is 9.18 Å². The number of esters is 1. The molecule has 0 radical (unpaired) electrons. The van der Waals surface area contributed by atoms with E-state index < -0.39 is 23.7 Å². The summed E-state index contributed by atoms with van der Waals surface area (Å²) in [7, 11) is 0. The molecular weight excluding hydrogens is 341 g/mol. The highest BCUT2D eigenvalue weighted by atomic mass is 19.1. The molecule has 6 nitrogen and oxygen atoms in total. The second kappa shape index (κ2) is 10.1. The first-order valence-electron chi connectivity index (χ1n) is 8.59. The van der Waals surface area contributed by atoms with E-state index >= 15 is 0 Å². The average molecular weight is 369 g/mol. The Morgan fingerprint density at radius 3 is 2.35 bits per heavy atom. The molecule has 0 unspecified atom stereocenters. The lowest BCUT2D eigenvalue weighted by molar-refractivity contribution is -0.151. The molecule has 0 heterocycles. The van der Waals surface area contributed by atoms with Crippen LogP contribution in [0.2, 0.25) is 0 Å². The van der Waals surface area contributed by atoms with Crippen LogP contribution in [-0.4, -0.2) is 36.4 Å². The standard InChI is InChI=1S/C19H28FNO5/c1-13(10-11-24-12-15-6-8-16(20)9-7-15)25-17(22)14(2)21-18(23)26-19(3,4)5/h6-9,13-14H,10-12H2,1-5H3,(H,21,23)/t13-,14-/m0/s1. The summed E-state index contributed by atoms with van der Waals surface area (Å²) in [5.74, 6) is -0.828. The van der Waals surface area contributed by atoms with Crippen LogP contribution in [-0.2, 0) is 25.6 Å². The van der Waals surface area contributed by atoms with E-state index in [1.807, 2.05) is 0 Å². The van der Waals surface area contributed by atoms with Gasteiger partial charge >= 0.3 is 12.1 Å². The summed E-state index contributed by atoms with van der Waals surface area (Å²) in [6.45, 7) is 9.25. The lowest BCUT2D eigenvalue weighted by Gasteiger charge is -2.22. The topological polar surface area (TPSA) is 73.9 Å². The molecule has 0 aliphatic heterocycles. The van der Waals surface area contributed by atoms with Crippen LogP contribution in [0.5, 0.6) is 0 Å². The predicted molar refractivity (Wildman–Crippen MR) is 95.1 cm³/mol. The Morgan fingerprint density at radius 1 is 1.15 bits per heavy atom. The molecule has 2 atom stereocenters. The van der Waals surface area contributed by atoms with Crippen molar-refractivity contribution < 1.29 is 28.2 Å². The van der Waals surface area contributed by atoms with Gasteiger partial charge < -0.3 is 19.5 Å². The van der Waals surface area contributed by atoms with Crippen LogP contribution in [0, 0.1) is 5.82 Å². The van der Waals surface area contributed by atoms with Crippen molar-refractivity contribution in [3.63, 3.8) is 0 Å². The van der Waals surface area contributed by atoms with Crippen molar-refractivity contribution >= 4 is 12.1 Å². The van der Waals surface area contributed by atoms with Crippen LogP contribution >= 0.6 is 0 Å². The number of halogens is 1. The average Bonchev–Trinajstić information content (AvgIpc) is 2.51. The van der Waals surface area contributed by atoms with Crippen molar-refractivity contribution in [1.82, 2.24) is 5.32 Å². The van der Waals surface area contributed by atoms with E-state index in [2.05, 4.69) is 5.32 Å². The Hall–Kier alpha value is -2.15. The van der Waals surface area contributed by atoms with E-state index in [-0.39, 0.29) is 11.9 Å². The predicted octanol–water partition coefficient (Wildman–Crippen LogP) is 3.58. The number of carbonyl (C=O) groups excluding carboxylic acids is 2. The fraction of sp³-hybridized carbons (Fsp3) is 0.579. The summed E-state index contributed by atoms with van der Waals surface area (Å²) in [5, 5.41) is 2.44. The molecular formula is C19H28FNO5. The normalized spacial score (nSPS) is 13.6. The van der Waals surface area contributed by atoms with Gasteiger partial charge in [-0.1, -0.05) is 12.1 Å². The molecule has 7 heteroatoms. The highest BCUT2D eigenvalue weighted by Gasteiger charge is 2.23. The SMILES string of the molecule is C[C@H](NC(=O)OC(C)(C)C)C(=O)O[C@@H](C)CCOCc1ccc(F)cc1. The minimum Gasteiger partial charge on any atom is -0.461 e. The molecule has 0 aliphatic rings. The first kappa shape index (κ1) is 21.9. The van der Waals surface area contributed by atoms with Gasteiger partial charge in [-0.3, -0.25) is 0 Å². The molecule has 0 aliphatic carbocycles. The lowest BCUT2D eigenvalue weighted by Crippen LogP contribution is -2.43. The number of alkyl carbamates (subject to hydrolysis) is 1. The van der Waals surface area contributed by atoms with Crippen LogP contribution in [0.3, 0.4) is 0 Å². The molecule has 1 aromatic rings. The Bertz CT molecular complexity index is 583. The first-order valence-corrected chi connectivity index (χ1v) is 8.59. The number of hydrogen-bond acceptors (Lipinski definition) is 5. The highest BCUT2D eigenvalue weighted by Crippen LogP contribution is 2.08. The Morgan fingerprint density at radius 2 is 1.77 bits per heavy atom. The van der Waals surface area contributed by atoms with Gasteiger partial charge in [0.15, 0.2) is 0 Å². The number of amides is 1. The molecule has 1 rings (SSSR count). The largest absolute Gasteiger partial charge is 0.461 e. The van der Waals surface area contributed by atoms with Gasteiger partial charge in [0.25, 0.3) is 0 Å². The monoisotopic (exact) mass is 369 g/mol. The van der Waals surface area contributed by atoms with Gasteiger partial charge in [0, 0.05) is 6.42 Å². The maximum atomic E-state index is 12.8. The van der Waals surface area contributed by atoms with Crippen LogP contribution in [0.15, 0.2) is 24.3 Å². The van der Waals surface area contributed by atoms with Gasteiger partial charge in [0.1, 0.15) is 23.6 Å². The molecule has 1 N–H and O–H groups in total. The molecule has 0 saturated carbocycles. The lowest BCUT2D eigenvalue weighted by atomic mass is 10.2. The van der Waals surface area contributed by atoms with Gasteiger partial charge in [-0.05, 0) is 52.3 Å². The zero-order chi connectivity index (χ0) is 19.7. The number of nitrogens with one attached hydrogen (secondary N) is 1. The molecule has 0 spiro atoms. The molecule has 1 amide bonds. The van der Waals surface area contributed by atoms with E-state index in [1.165, 1.54) is 19.1 Å². The number of carbonyl (C=O) groups is 2. The van der Waals surface area contributed by atoms with Crippen LogP contribution < -0.4 is 5.32 Å². The fourth-order valence-corrected chi connectivity index (χ4v) is 1.92. The van der Waals surface area contributed by atoms with Gasteiger partial charge in [-0.15, -0.1) is 0 Å². The summed E-state index contributed by atoms with van der Waals surface area (Å²) < 4.78 is 28.7. The van der Waals surface area contributed by atoms with Crippen molar-refractivity contribution in [2.45, 2.75) is 65.4 Å². The van der Waals surface area contributed by atoms with Crippen molar-refractivity contribution in [1.29, 1.82) is 0 Å². The number of benzene rings is 1. The van der Waals surface area contributed by atoms with E-state index in [9.17, 15) is 14.0 Å². The zero-order valence-corrected chi connectivity index (χ0v) is 16.0. The van der Waals surface area contributed by atoms with Crippen molar-refractivity contribution in [2.75, 3.05) is 6.61 Å². The fourth-order valence-electron chi connectivity index (χ4n) is 1.92. The molecule has 26 heavy (non-hydrogen) atoms. The smallest absolute Gasteiger partial charge is 0.408 e. The van der Waals surface area contributed by atoms with Gasteiger partial charge in [-0.25, -0.2) is 14.0 Å². The van der Waals surface area contributed by atoms with Crippen molar-refractivity contribution in [2.24, 2.45) is 0 Å². The minimum absolute atomic E-state index is 0.289. The summed E-state index contributed by atoms with van der Waals surface area (Å²) in [5.41, 5.74) is 0.231. The Balaban J connectivity index is 2.24. The maximum absolute atomic E-state index is 12.8. The van der Waals surface area contributed by atoms with Gasteiger partial charge in [0.05, 0.1) is 13.2 Å². The maximum Gasteiger partial charge on any atom is 0.408 e. The highest BCUT2D eigenvalue weighted by molar-refractivity contribution is 5.81. The third-order valence-corrected chi connectivity index (χ3v) is 3.25. The minimum atomic E-state index is -0.813. The second-order valence-electron chi connectivity index (χ2n) is 7.08. The van der Waals surface area contributed by atoms with E-state index in [0.717, 1.165) is 5.56 Å². The van der Waals surface area contributed by atoms with E-state index in [4.69, 9.17) is 14.2 Å². The van der Waals surface area contributed by atoms with E-state index in [1.54, 1.807) is 39.8 Å². The van der Waals surface area contributed by atoms with Crippen molar-refractivity contribution in [3.05, 3.63) is 35.6 Å². The second-order valence-corrected chi connectivity index (χ2v) is 7.08. The molecule has 0 bridgehead atoms. The molecule has 0 fully saturated rings. The third-order valence-electron chi connectivity index (χ3n) is 3.25. The van der Waals surface area contributed by atoms with Gasteiger partial charge in [0.2, 0.25) is 0 Å². The summed E-state index contributed by atoms with van der Waals surface area (Å²) in [6, 6.07) is 5.25. The van der Waals surface area contributed by atoms with Crippen LogP contribution in [0.25, 0.3) is 0 Å². The number of rotatable bonds is 8. The van der Waals surface area contributed by atoms with Crippen LogP contribution in [0.1, 0.15) is 46.6 Å². The summed E-state index contributed by atoms with van der Waals surface area (Å²) in [4.78, 5) is 23.6. The Kier molecular flexibility index (Phi) is 8.51. The molecule has 146 valence electrons. The molecule has 0 saturated heterocycles. The quantitative estimate of drug-likeness (QED) is 0.560. The zero-order valence-electron chi connectivity index (χ0n) is 16.0. The number of hydrogen-bond donors (Lipinski definition) is 1. The number of ether oxygens (including phenoxy) is 3. The summed E-state index contributed by atoms with van der Waals surface area (Å²) >= 11 is 0. The van der Waals surface area contributed by atoms with E-state index in [0.29, 0.717) is 19.6 Å².